The van der Waals surface area contributed by atoms with E-state index in [1.807, 2.05) is 31.2 Å². The van der Waals surface area contributed by atoms with Crippen LogP contribution in [0.5, 0.6) is 5.75 Å². The van der Waals surface area contributed by atoms with Crippen molar-refractivity contribution < 1.29 is 4.74 Å². The predicted molar refractivity (Wildman–Crippen MR) is 86.6 cm³/mol. The van der Waals surface area contributed by atoms with E-state index in [2.05, 4.69) is 39.2 Å². The van der Waals surface area contributed by atoms with E-state index in [4.69, 9.17) is 16.3 Å². The number of benzene rings is 1. The summed E-state index contributed by atoms with van der Waals surface area (Å²) in [5.74, 6) is 0.899. The molecule has 20 heavy (non-hydrogen) atoms. The van der Waals surface area contributed by atoms with Crippen LogP contribution in [-0.2, 0) is 0 Å². The summed E-state index contributed by atoms with van der Waals surface area (Å²) in [7, 11) is 0. The molecule has 0 aliphatic carbocycles. The number of ether oxygens (including phenoxy) is 1. The molecular formula is C15H16BrClN2O. The van der Waals surface area contributed by atoms with Crippen LogP contribution in [0.2, 0.25) is 5.15 Å². The average molecular weight is 356 g/mol. The van der Waals surface area contributed by atoms with Gasteiger partial charge in [-0.2, -0.15) is 0 Å². The Morgan fingerprint density at radius 1 is 1.40 bits per heavy atom. The van der Waals surface area contributed by atoms with Crippen LogP contribution in [0.25, 0.3) is 0 Å². The Bertz CT molecular complexity index is 592. The molecule has 2 rings (SSSR count). The molecule has 1 unspecified atom stereocenters. The highest BCUT2D eigenvalue weighted by Gasteiger charge is 2.11. The summed E-state index contributed by atoms with van der Waals surface area (Å²) in [5, 5.41) is 3.85. The van der Waals surface area contributed by atoms with E-state index in [0.29, 0.717) is 11.8 Å². The molecule has 2 aromatic rings. The minimum Gasteiger partial charge on any atom is -0.494 e. The Balaban J connectivity index is 2.19. The van der Waals surface area contributed by atoms with E-state index in [9.17, 15) is 0 Å². The van der Waals surface area contributed by atoms with Gasteiger partial charge in [-0.25, -0.2) is 4.98 Å². The first-order chi connectivity index (χ1) is 9.61. The third-order valence-electron chi connectivity index (χ3n) is 2.86. The Hall–Kier alpha value is -1.26. The van der Waals surface area contributed by atoms with Gasteiger partial charge >= 0.3 is 0 Å². The number of nitrogens with zero attached hydrogens (tertiary/aromatic N) is 1. The second-order valence-electron chi connectivity index (χ2n) is 4.33. The van der Waals surface area contributed by atoms with Gasteiger partial charge in [0, 0.05) is 5.56 Å². The summed E-state index contributed by atoms with van der Waals surface area (Å²) >= 11 is 9.27. The number of hydrogen-bond donors (Lipinski definition) is 1. The zero-order valence-corrected chi connectivity index (χ0v) is 13.7. The standard InChI is InChI=1S/C15H16BrClN2O/c1-3-20-14-7-5-4-6-12(14)10(2)19-11-8-13(16)15(17)18-9-11/h4-10,19H,3H2,1-2H3. The molecule has 0 fully saturated rings. The first-order valence-electron chi connectivity index (χ1n) is 6.41. The summed E-state index contributed by atoms with van der Waals surface area (Å²) in [6.07, 6.45) is 1.72. The van der Waals surface area contributed by atoms with E-state index in [1.165, 1.54) is 0 Å². The molecule has 1 aromatic carbocycles. The second kappa shape index (κ2) is 6.95. The van der Waals surface area contributed by atoms with Gasteiger partial charge in [0.05, 0.1) is 29.0 Å². The second-order valence-corrected chi connectivity index (χ2v) is 5.55. The highest BCUT2D eigenvalue weighted by molar-refractivity contribution is 9.10. The number of hydrogen-bond acceptors (Lipinski definition) is 3. The molecule has 3 nitrogen and oxygen atoms in total. The van der Waals surface area contributed by atoms with E-state index in [-0.39, 0.29) is 6.04 Å². The van der Waals surface area contributed by atoms with E-state index in [1.54, 1.807) is 6.20 Å². The minimum absolute atomic E-state index is 0.104. The molecule has 0 saturated heterocycles. The predicted octanol–water partition coefficient (Wildman–Crippen LogP) is 5.07. The van der Waals surface area contributed by atoms with Crippen LogP contribution >= 0.6 is 27.5 Å². The first kappa shape index (κ1) is 15.1. The van der Waals surface area contributed by atoms with Crippen LogP contribution < -0.4 is 10.1 Å². The van der Waals surface area contributed by atoms with Crippen LogP contribution in [0.4, 0.5) is 5.69 Å². The Morgan fingerprint density at radius 2 is 2.15 bits per heavy atom. The fourth-order valence-electron chi connectivity index (χ4n) is 1.95. The number of aromatic nitrogens is 1. The molecule has 0 radical (unpaired) electrons. The Kier molecular flexibility index (Phi) is 5.26. The lowest BCUT2D eigenvalue weighted by molar-refractivity contribution is 0.335. The van der Waals surface area contributed by atoms with Crippen molar-refractivity contribution in [2.75, 3.05) is 11.9 Å². The molecular weight excluding hydrogens is 340 g/mol. The largest absolute Gasteiger partial charge is 0.494 e. The van der Waals surface area contributed by atoms with Crippen molar-refractivity contribution in [2.24, 2.45) is 0 Å². The lowest BCUT2D eigenvalue weighted by Gasteiger charge is -2.19. The molecule has 0 saturated carbocycles. The fraction of sp³-hybridized carbons (Fsp3) is 0.267. The molecule has 0 bridgehead atoms. The molecule has 5 heteroatoms. The fourth-order valence-corrected chi connectivity index (χ4v) is 2.41. The number of nitrogens with one attached hydrogen (secondary N) is 1. The molecule has 1 atom stereocenters. The lowest BCUT2D eigenvalue weighted by atomic mass is 10.1. The van der Waals surface area contributed by atoms with Crippen LogP contribution in [0.1, 0.15) is 25.5 Å². The molecule has 0 spiro atoms. The lowest BCUT2D eigenvalue weighted by Crippen LogP contribution is -2.09. The third kappa shape index (κ3) is 3.64. The van der Waals surface area contributed by atoms with E-state index >= 15 is 0 Å². The van der Waals surface area contributed by atoms with Crippen molar-refractivity contribution >= 4 is 33.2 Å². The van der Waals surface area contributed by atoms with Crippen molar-refractivity contribution in [3.8, 4) is 5.75 Å². The molecule has 0 aliphatic rings. The zero-order valence-electron chi connectivity index (χ0n) is 11.4. The van der Waals surface area contributed by atoms with Gasteiger partial charge in [-0.05, 0) is 41.9 Å². The number of halogens is 2. The molecule has 106 valence electrons. The van der Waals surface area contributed by atoms with Gasteiger partial charge in [-0.3, -0.25) is 0 Å². The number of rotatable bonds is 5. The van der Waals surface area contributed by atoms with Gasteiger partial charge in [0.15, 0.2) is 0 Å². The summed E-state index contributed by atoms with van der Waals surface area (Å²) in [6, 6.07) is 10.0. The third-order valence-corrected chi connectivity index (χ3v) is 4.00. The highest BCUT2D eigenvalue weighted by Crippen LogP contribution is 2.29. The number of para-hydroxylation sites is 1. The molecule has 1 aromatic heterocycles. The minimum atomic E-state index is 0.104. The molecule has 0 amide bonds. The smallest absolute Gasteiger partial charge is 0.143 e. The van der Waals surface area contributed by atoms with Gasteiger partial charge in [-0.1, -0.05) is 29.8 Å². The zero-order chi connectivity index (χ0) is 14.5. The van der Waals surface area contributed by atoms with Gasteiger partial charge in [-0.15, -0.1) is 0 Å². The summed E-state index contributed by atoms with van der Waals surface area (Å²) in [5.41, 5.74) is 2.01. The van der Waals surface area contributed by atoms with Gasteiger partial charge in [0.2, 0.25) is 0 Å². The van der Waals surface area contributed by atoms with Gasteiger partial charge in [0.1, 0.15) is 10.9 Å². The Labute approximate surface area is 132 Å². The quantitative estimate of drug-likeness (QED) is 0.760. The number of anilines is 1. The highest BCUT2D eigenvalue weighted by atomic mass is 79.9. The Morgan fingerprint density at radius 3 is 2.85 bits per heavy atom. The SMILES string of the molecule is CCOc1ccccc1C(C)Nc1cnc(Cl)c(Br)c1. The van der Waals surface area contributed by atoms with Crippen LogP contribution in [0.15, 0.2) is 41.0 Å². The summed E-state index contributed by atoms with van der Waals surface area (Å²) in [4.78, 5) is 4.11. The number of pyridine rings is 1. The summed E-state index contributed by atoms with van der Waals surface area (Å²) < 4.78 is 6.43. The van der Waals surface area contributed by atoms with Gasteiger partial charge < -0.3 is 10.1 Å². The molecule has 1 heterocycles. The van der Waals surface area contributed by atoms with E-state index < -0.39 is 0 Å². The maximum Gasteiger partial charge on any atom is 0.143 e. The van der Waals surface area contributed by atoms with Crippen molar-refractivity contribution in [3.05, 3.63) is 51.7 Å². The summed E-state index contributed by atoms with van der Waals surface area (Å²) in [6.45, 7) is 4.72. The van der Waals surface area contributed by atoms with Crippen molar-refractivity contribution in [1.29, 1.82) is 0 Å². The van der Waals surface area contributed by atoms with Crippen molar-refractivity contribution in [2.45, 2.75) is 19.9 Å². The van der Waals surface area contributed by atoms with E-state index in [0.717, 1.165) is 21.5 Å². The average Bonchev–Trinajstić information content (AvgIpc) is 2.44. The van der Waals surface area contributed by atoms with Crippen LogP contribution in [0.3, 0.4) is 0 Å². The normalized spacial score (nSPS) is 12.0. The molecule has 0 aliphatic heterocycles. The molecule has 1 N–H and O–H groups in total. The van der Waals surface area contributed by atoms with Gasteiger partial charge in [0.25, 0.3) is 0 Å². The maximum atomic E-state index is 5.89. The maximum absolute atomic E-state index is 5.89. The van der Waals surface area contributed by atoms with Crippen LogP contribution in [-0.4, -0.2) is 11.6 Å². The van der Waals surface area contributed by atoms with Crippen molar-refractivity contribution in [3.63, 3.8) is 0 Å². The monoisotopic (exact) mass is 354 g/mol. The van der Waals surface area contributed by atoms with Crippen molar-refractivity contribution in [1.82, 2.24) is 4.98 Å². The topological polar surface area (TPSA) is 34.1 Å². The van der Waals surface area contributed by atoms with Crippen LogP contribution in [0, 0.1) is 0 Å². The first-order valence-corrected chi connectivity index (χ1v) is 7.58.